The lowest BCUT2D eigenvalue weighted by Crippen LogP contribution is -2.33. The predicted octanol–water partition coefficient (Wildman–Crippen LogP) is 5.40. The van der Waals surface area contributed by atoms with Crippen molar-refractivity contribution >= 4 is 12.2 Å². The van der Waals surface area contributed by atoms with Crippen LogP contribution in [0.15, 0.2) is 30.3 Å². The van der Waals surface area contributed by atoms with E-state index in [2.05, 4.69) is 39.8 Å². The van der Waals surface area contributed by atoms with Crippen molar-refractivity contribution in [2.45, 2.75) is 84.3 Å². The van der Waals surface area contributed by atoms with E-state index in [1.165, 1.54) is 5.56 Å². The van der Waals surface area contributed by atoms with Crippen molar-refractivity contribution in [2.24, 2.45) is 0 Å². The van der Waals surface area contributed by atoms with Crippen molar-refractivity contribution in [3.05, 3.63) is 35.9 Å². The molecule has 7 nitrogen and oxygen atoms in total. The summed E-state index contributed by atoms with van der Waals surface area (Å²) in [5.74, 6) is 0. The Balaban J connectivity index is 2.22. The monoisotopic (exact) mass is 449 g/mol. The van der Waals surface area contributed by atoms with Gasteiger partial charge in [0.2, 0.25) is 0 Å². The van der Waals surface area contributed by atoms with Crippen molar-refractivity contribution in [2.75, 3.05) is 26.2 Å². The number of hydrogen-bond acceptors (Lipinski definition) is 4. The number of unbranched alkanes of at least 4 members (excludes halogenated alkanes) is 6. The van der Waals surface area contributed by atoms with Gasteiger partial charge in [0.15, 0.2) is 0 Å². The summed E-state index contributed by atoms with van der Waals surface area (Å²) in [5.41, 5.74) is 0.876. The number of benzene rings is 1. The fourth-order valence-corrected chi connectivity index (χ4v) is 3.44. The molecule has 0 fully saturated rings. The summed E-state index contributed by atoms with van der Waals surface area (Å²) in [5, 5.41) is 13.8. The van der Waals surface area contributed by atoms with Gasteiger partial charge in [0.05, 0.1) is 0 Å². The summed E-state index contributed by atoms with van der Waals surface area (Å²) in [6.07, 6.45) is 7.22. The van der Waals surface area contributed by atoms with Crippen molar-refractivity contribution in [1.82, 2.24) is 15.5 Å². The number of amides is 2. The molecule has 7 heteroatoms. The average Bonchev–Trinajstić information content (AvgIpc) is 2.71. The van der Waals surface area contributed by atoms with Crippen LogP contribution in [0.4, 0.5) is 9.59 Å². The fourth-order valence-electron chi connectivity index (χ4n) is 3.44. The van der Waals surface area contributed by atoms with Crippen LogP contribution in [0.2, 0.25) is 0 Å². The van der Waals surface area contributed by atoms with E-state index in [4.69, 9.17) is 9.84 Å². The average molecular weight is 450 g/mol. The van der Waals surface area contributed by atoms with E-state index < -0.39 is 11.7 Å². The molecule has 0 aromatic heterocycles. The van der Waals surface area contributed by atoms with E-state index in [0.29, 0.717) is 13.1 Å². The first-order chi connectivity index (χ1) is 15.3. The molecular formula is C25H43N3O4. The second-order valence-corrected chi connectivity index (χ2v) is 9.25. The molecule has 2 amide bonds. The number of carboxylic acid groups (broad SMARTS) is 1. The molecule has 0 saturated carbocycles. The minimum absolute atomic E-state index is 0.342. The number of alkyl carbamates (subject to hydrolysis) is 1. The van der Waals surface area contributed by atoms with Crippen LogP contribution < -0.4 is 10.6 Å². The maximum absolute atomic E-state index is 11.7. The molecule has 0 aliphatic carbocycles. The molecule has 1 aromatic rings. The maximum atomic E-state index is 11.7. The van der Waals surface area contributed by atoms with Gasteiger partial charge in [0.25, 0.3) is 0 Å². The summed E-state index contributed by atoms with van der Waals surface area (Å²) in [4.78, 5) is 24.6. The van der Waals surface area contributed by atoms with Gasteiger partial charge in [-0.1, -0.05) is 56.0 Å². The van der Waals surface area contributed by atoms with Crippen molar-refractivity contribution < 1.29 is 19.4 Å². The van der Waals surface area contributed by atoms with Crippen LogP contribution in [0.3, 0.4) is 0 Å². The summed E-state index contributed by atoms with van der Waals surface area (Å²) in [6.45, 7) is 9.86. The van der Waals surface area contributed by atoms with E-state index in [-0.39, 0.29) is 6.09 Å². The van der Waals surface area contributed by atoms with Crippen LogP contribution in [0.25, 0.3) is 0 Å². The van der Waals surface area contributed by atoms with E-state index in [0.717, 1.165) is 71.0 Å². The summed E-state index contributed by atoms with van der Waals surface area (Å²) in [7, 11) is 0. The lowest BCUT2D eigenvalue weighted by Gasteiger charge is -2.22. The van der Waals surface area contributed by atoms with Gasteiger partial charge in [0.1, 0.15) is 5.60 Å². The van der Waals surface area contributed by atoms with Crippen LogP contribution in [0, 0.1) is 0 Å². The smallest absolute Gasteiger partial charge is 0.407 e. The van der Waals surface area contributed by atoms with Gasteiger partial charge >= 0.3 is 12.2 Å². The minimum Gasteiger partial charge on any atom is -0.465 e. The van der Waals surface area contributed by atoms with Gasteiger partial charge in [-0.05, 0) is 65.1 Å². The topological polar surface area (TPSA) is 90.9 Å². The summed E-state index contributed by atoms with van der Waals surface area (Å²) in [6, 6.07) is 10.6. The molecule has 0 radical (unpaired) electrons. The molecule has 3 N–H and O–H groups in total. The van der Waals surface area contributed by atoms with Gasteiger partial charge in [-0.15, -0.1) is 0 Å². The molecule has 0 spiro atoms. The normalized spacial score (nSPS) is 11.4. The fraction of sp³-hybridized carbons (Fsp3) is 0.680. The van der Waals surface area contributed by atoms with Gasteiger partial charge in [-0.2, -0.15) is 0 Å². The highest BCUT2D eigenvalue weighted by Gasteiger charge is 2.15. The molecule has 0 unspecified atom stereocenters. The number of nitrogens with one attached hydrogen (secondary N) is 2. The second kappa shape index (κ2) is 16.4. The van der Waals surface area contributed by atoms with Crippen molar-refractivity contribution in [3.63, 3.8) is 0 Å². The first-order valence-corrected chi connectivity index (χ1v) is 12.0. The highest BCUT2D eigenvalue weighted by atomic mass is 16.6. The second-order valence-electron chi connectivity index (χ2n) is 9.25. The van der Waals surface area contributed by atoms with Gasteiger partial charge in [-0.3, -0.25) is 4.90 Å². The molecule has 0 saturated heterocycles. The molecule has 0 atom stereocenters. The van der Waals surface area contributed by atoms with Crippen LogP contribution in [-0.2, 0) is 11.3 Å². The molecule has 1 rings (SSSR count). The zero-order chi connectivity index (χ0) is 23.7. The summed E-state index contributed by atoms with van der Waals surface area (Å²) >= 11 is 0. The van der Waals surface area contributed by atoms with E-state index in [9.17, 15) is 9.59 Å². The quantitative estimate of drug-likeness (QED) is 0.294. The van der Waals surface area contributed by atoms with Crippen LogP contribution in [0.5, 0.6) is 0 Å². The van der Waals surface area contributed by atoms with Gasteiger partial charge < -0.3 is 20.5 Å². The third-order valence-electron chi connectivity index (χ3n) is 5.00. The Morgan fingerprint density at radius 2 is 1.38 bits per heavy atom. The van der Waals surface area contributed by atoms with Crippen molar-refractivity contribution in [1.29, 1.82) is 0 Å². The van der Waals surface area contributed by atoms with Gasteiger partial charge in [-0.25, -0.2) is 9.59 Å². The van der Waals surface area contributed by atoms with Crippen molar-refractivity contribution in [3.8, 4) is 0 Å². The molecule has 0 aliphatic rings. The number of ether oxygens (including phenoxy) is 1. The maximum Gasteiger partial charge on any atom is 0.407 e. The van der Waals surface area contributed by atoms with E-state index in [1.54, 1.807) is 0 Å². The first-order valence-electron chi connectivity index (χ1n) is 12.0. The number of carbonyl (C=O) groups is 2. The summed E-state index contributed by atoms with van der Waals surface area (Å²) < 4.78 is 5.25. The Morgan fingerprint density at radius 1 is 0.844 bits per heavy atom. The number of carbonyl (C=O) groups excluding carboxylic acids is 1. The lowest BCUT2D eigenvalue weighted by molar-refractivity contribution is 0.0527. The Kier molecular flexibility index (Phi) is 14.2. The van der Waals surface area contributed by atoms with E-state index in [1.807, 2.05) is 26.8 Å². The molecule has 182 valence electrons. The van der Waals surface area contributed by atoms with E-state index >= 15 is 0 Å². The first kappa shape index (κ1) is 27.8. The zero-order valence-electron chi connectivity index (χ0n) is 20.2. The number of rotatable bonds is 16. The highest BCUT2D eigenvalue weighted by molar-refractivity contribution is 5.67. The molecule has 0 aliphatic heterocycles. The van der Waals surface area contributed by atoms with Crippen LogP contribution >= 0.6 is 0 Å². The standard InChI is InChI=1S/C25H43N3O4/c1-25(2,3)32-24(31)27-18-12-5-7-14-20-28(21-22-15-9-8-10-16-22)19-13-6-4-11-17-26-23(29)30/h8-10,15-16,26H,4-7,11-14,17-21H2,1-3H3,(H,27,31)(H,29,30). The Hall–Kier alpha value is -2.28. The Morgan fingerprint density at radius 3 is 1.91 bits per heavy atom. The predicted molar refractivity (Wildman–Crippen MR) is 129 cm³/mol. The zero-order valence-corrected chi connectivity index (χ0v) is 20.2. The highest BCUT2D eigenvalue weighted by Crippen LogP contribution is 2.10. The third kappa shape index (κ3) is 16.4. The number of nitrogens with zero attached hydrogens (tertiary/aromatic N) is 1. The van der Waals surface area contributed by atoms with Crippen LogP contribution in [-0.4, -0.2) is 54.0 Å². The Bertz CT molecular complexity index is 632. The number of hydrogen-bond donors (Lipinski definition) is 3. The minimum atomic E-state index is -0.945. The molecular weight excluding hydrogens is 406 g/mol. The Labute approximate surface area is 193 Å². The van der Waals surface area contributed by atoms with Gasteiger partial charge in [0, 0.05) is 19.6 Å². The molecule has 32 heavy (non-hydrogen) atoms. The molecule has 0 heterocycles. The SMILES string of the molecule is CC(C)(C)OC(=O)NCCCCCCN(CCCCCCNC(=O)O)Cc1ccccc1. The largest absolute Gasteiger partial charge is 0.465 e. The molecule has 1 aromatic carbocycles. The third-order valence-corrected chi connectivity index (χ3v) is 5.00. The van der Waals surface area contributed by atoms with Crippen LogP contribution in [0.1, 0.15) is 77.7 Å². The molecule has 0 bridgehead atoms. The lowest BCUT2D eigenvalue weighted by atomic mass is 10.1.